The van der Waals surface area contributed by atoms with E-state index < -0.39 is 35.7 Å². The van der Waals surface area contributed by atoms with Crippen LogP contribution in [0, 0.1) is 17.8 Å². The van der Waals surface area contributed by atoms with Gasteiger partial charge in [0.2, 0.25) is 0 Å². The Morgan fingerprint density at radius 3 is 2.27 bits per heavy atom. The SMILES string of the molecule is COC(=O)[C@@H]1[C@@H](COC(C)=O)[C@@H]1C(=O)O. The van der Waals surface area contributed by atoms with Crippen LogP contribution >= 0.6 is 0 Å². The summed E-state index contributed by atoms with van der Waals surface area (Å²) in [4.78, 5) is 32.3. The Morgan fingerprint density at radius 1 is 1.27 bits per heavy atom. The van der Waals surface area contributed by atoms with Gasteiger partial charge >= 0.3 is 17.9 Å². The van der Waals surface area contributed by atoms with Gasteiger partial charge in [-0.3, -0.25) is 14.4 Å². The molecule has 0 amide bonds. The quantitative estimate of drug-likeness (QED) is 0.647. The van der Waals surface area contributed by atoms with Gasteiger partial charge in [0, 0.05) is 12.8 Å². The smallest absolute Gasteiger partial charge is 0.309 e. The van der Waals surface area contributed by atoms with Crippen LogP contribution in [0.4, 0.5) is 0 Å². The highest BCUT2D eigenvalue weighted by atomic mass is 16.5. The van der Waals surface area contributed by atoms with E-state index in [0.717, 1.165) is 0 Å². The molecule has 15 heavy (non-hydrogen) atoms. The molecule has 0 spiro atoms. The van der Waals surface area contributed by atoms with Gasteiger partial charge in [0.15, 0.2) is 0 Å². The van der Waals surface area contributed by atoms with E-state index in [9.17, 15) is 14.4 Å². The first kappa shape index (κ1) is 11.5. The molecule has 1 rings (SSSR count). The molecule has 6 nitrogen and oxygen atoms in total. The van der Waals surface area contributed by atoms with E-state index in [0.29, 0.717) is 0 Å². The number of aliphatic carboxylic acids is 1. The van der Waals surface area contributed by atoms with Crippen LogP contribution in [0.25, 0.3) is 0 Å². The van der Waals surface area contributed by atoms with Gasteiger partial charge in [-0.1, -0.05) is 0 Å². The number of carboxylic acid groups (broad SMARTS) is 1. The van der Waals surface area contributed by atoms with E-state index in [-0.39, 0.29) is 6.61 Å². The monoisotopic (exact) mass is 216 g/mol. The summed E-state index contributed by atoms with van der Waals surface area (Å²) < 4.78 is 9.11. The van der Waals surface area contributed by atoms with E-state index in [4.69, 9.17) is 5.11 Å². The van der Waals surface area contributed by atoms with Crippen LogP contribution in [0.3, 0.4) is 0 Å². The molecule has 1 aliphatic rings. The Hall–Kier alpha value is -1.59. The molecular formula is C9H12O6. The van der Waals surface area contributed by atoms with E-state index in [1.54, 1.807) is 0 Å². The molecule has 0 aromatic rings. The summed E-state index contributed by atoms with van der Waals surface area (Å²) in [6.45, 7) is 1.18. The van der Waals surface area contributed by atoms with E-state index in [2.05, 4.69) is 9.47 Å². The molecule has 3 atom stereocenters. The third-order valence-corrected chi connectivity index (χ3v) is 2.41. The van der Waals surface area contributed by atoms with Crippen LogP contribution in [0.1, 0.15) is 6.92 Å². The van der Waals surface area contributed by atoms with Crippen molar-refractivity contribution in [1.29, 1.82) is 0 Å². The van der Waals surface area contributed by atoms with Crippen molar-refractivity contribution in [2.24, 2.45) is 17.8 Å². The standard InChI is InChI=1S/C9H12O6/c1-4(10)15-3-5-6(8(11)12)7(5)9(13)14-2/h5-7H,3H2,1-2H3,(H,11,12)/t5-,6-,7+/m0/s1. The van der Waals surface area contributed by atoms with Gasteiger partial charge in [0.25, 0.3) is 0 Å². The summed E-state index contributed by atoms with van der Waals surface area (Å²) in [5.74, 6) is -4.07. The van der Waals surface area contributed by atoms with E-state index in [1.807, 2.05) is 0 Å². The highest BCUT2D eigenvalue weighted by Gasteiger charge is 2.60. The first-order valence-corrected chi connectivity index (χ1v) is 4.43. The summed E-state index contributed by atoms with van der Waals surface area (Å²) in [7, 11) is 1.20. The van der Waals surface area contributed by atoms with Crippen LogP contribution in [0.15, 0.2) is 0 Å². The average Bonchev–Trinajstić information content (AvgIpc) is 2.87. The highest BCUT2D eigenvalue weighted by Crippen LogP contribution is 2.47. The third kappa shape index (κ3) is 2.45. The second kappa shape index (κ2) is 4.29. The minimum absolute atomic E-state index is 0.0495. The molecule has 0 aromatic heterocycles. The van der Waals surface area contributed by atoms with Crippen LogP contribution in [0.5, 0.6) is 0 Å². The minimum atomic E-state index is -1.07. The van der Waals surface area contributed by atoms with Gasteiger partial charge in [-0.2, -0.15) is 0 Å². The van der Waals surface area contributed by atoms with Gasteiger partial charge in [0.1, 0.15) is 0 Å². The topological polar surface area (TPSA) is 89.9 Å². The molecular weight excluding hydrogens is 204 g/mol. The van der Waals surface area contributed by atoms with Crippen molar-refractivity contribution in [1.82, 2.24) is 0 Å². The number of carbonyl (C=O) groups excluding carboxylic acids is 2. The van der Waals surface area contributed by atoms with Crippen molar-refractivity contribution in [2.45, 2.75) is 6.92 Å². The summed E-state index contributed by atoms with van der Waals surface area (Å²) in [6, 6.07) is 0. The average molecular weight is 216 g/mol. The number of rotatable bonds is 4. The normalized spacial score (nSPS) is 28.0. The molecule has 0 saturated heterocycles. The van der Waals surface area contributed by atoms with Crippen LogP contribution < -0.4 is 0 Å². The first-order chi connectivity index (χ1) is 6.99. The lowest BCUT2D eigenvalue weighted by Gasteiger charge is -1.99. The second-order valence-electron chi connectivity index (χ2n) is 3.38. The van der Waals surface area contributed by atoms with Gasteiger partial charge in [-0.05, 0) is 0 Å². The van der Waals surface area contributed by atoms with Crippen LogP contribution in [-0.2, 0) is 23.9 Å². The number of methoxy groups -OCH3 is 1. The van der Waals surface area contributed by atoms with Crippen molar-refractivity contribution < 1.29 is 29.0 Å². The highest BCUT2D eigenvalue weighted by molar-refractivity contribution is 5.87. The molecule has 1 saturated carbocycles. The molecule has 0 radical (unpaired) electrons. The number of hydrogen-bond donors (Lipinski definition) is 1. The van der Waals surface area contributed by atoms with E-state index >= 15 is 0 Å². The number of ether oxygens (including phenoxy) is 2. The fourth-order valence-electron chi connectivity index (χ4n) is 1.59. The lowest BCUT2D eigenvalue weighted by atomic mass is 10.3. The van der Waals surface area contributed by atoms with Gasteiger partial charge in [-0.15, -0.1) is 0 Å². The van der Waals surface area contributed by atoms with E-state index in [1.165, 1.54) is 14.0 Å². The Bertz CT molecular complexity index is 297. The Morgan fingerprint density at radius 2 is 1.87 bits per heavy atom. The molecule has 6 heteroatoms. The molecule has 0 aliphatic heterocycles. The molecule has 84 valence electrons. The van der Waals surface area contributed by atoms with Crippen LogP contribution in [-0.4, -0.2) is 36.7 Å². The number of esters is 2. The third-order valence-electron chi connectivity index (χ3n) is 2.41. The number of hydrogen-bond acceptors (Lipinski definition) is 5. The first-order valence-electron chi connectivity index (χ1n) is 4.43. The van der Waals surface area contributed by atoms with Gasteiger partial charge < -0.3 is 14.6 Å². The second-order valence-corrected chi connectivity index (χ2v) is 3.38. The van der Waals surface area contributed by atoms with Gasteiger partial charge in [-0.25, -0.2) is 0 Å². The van der Waals surface area contributed by atoms with Crippen molar-refractivity contribution in [3.05, 3.63) is 0 Å². The van der Waals surface area contributed by atoms with Crippen molar-refractivity contribution >= 4 is 17.9 Å². The maximum Gasteiger partial charge on any atom is 0.309 e. The molecule has 0 unspecified atom stereocenters. The molecule has 0 heterocycles. The summed E-state index contributed by atoms with van der Waals surface area (Å²) in [5.41, 5.74) is 0. The molecule has 0 bridgehead atoms. The zero-order chi connectivity index (χ0) is 11.6. The minimum Gasteiger partial charge on any atom is -0.481 e. The number of carboxylic acids is 1. The largest absolute Gasteiger partial charge is 0.481 e. The predicted molar refractivity (Wildman–Crippen MR) is 46.8 cm³/mol. The maximum absolute atomic E-state index is 11.1. The molecule has 0 aromatic carbocycles. The summed E-state index contributed by atoms with van der Waals surface area (Å²) in [6.07, 6.45) is 0. The molecule has 1 fully saturated rings. The zero-order valence-corrected chi connectivity index (χ0v) is 8.43. The summed E-state index contributed by atoms with van der Waals surface area (Å²) >= 11 is 0. The van der Waals surface area contributed by atoms with Crippen molar-refractivity contribution in [3.63, 3.8) is 0 Å². The van der Waals surface area contributed by atoms with Crippen molar-refractivity contribution in [3.8, 4) is 0 Å². The Kier molecular flexibility index (Phi) is 3.28. The lowest BCUT2D eigenvalue weighted by Crippen LogP contribution is -2.09. The fraction of sp³-hybridized carbons (Fsp3) is 0.667. The molecule has 1 N–H and O–H groups in total. The van der Waals surface area contributed by atoms with Crippen molar-refractivity contribution in [2.75, 3.05) is 13.7 Å². The summed E-state index contributed by atoms with van der Waals surface area (Å²) in [5, 5.41) is 8.76. The lowest BCUT2D eigenvalue weighted by molar-refractivity contribution is -0.146. The van der Waals surface area contributed by atoms with Gasteiger partial charge in [0.05, 0.1) is 25.6 Å². The number of carbonyl (C=O) groups is 3. The van der Waals surface area contributed by atoms with Crippen LogP contribution in [0.2, 0.25) is 0 Å². The Labute approximate surface area is 86.2 Å². The fourth-order valence-corrected chi connectivity index (χ4v) is 1.59. The zero-order valence-electron chi connectivity index (χ0n) is 8.43. The Balaban J connectivity index is 2.53. The molecule has 1 aliphatic carbocycles. The maximum atomic E-state index is 11.1. The predicted octanol–water partition coefficient (Wildman–Crippen LogP) is -0.331.